The number of rotatable bonds is 7. The van der Waals surface area contributed by atoms with E-state index in [1.165, 1.54) is 0 Å². The van der Waals surface area contributed by atoms with Gasteiger partial charge in [-0.2, -0.15) is 8.42 Å². The third-order valence-corrected chi connectivity index (χ3v) is 4.56. The Kier molecular flexibility index (Phi) is 5.78. The van der Waals surface area contributed by atoms with Gasteiger partial charge in [0.25, 0.3) is 11.6 Å². The summed E-state index contributed by atoms with van der Waals surface area (Å²) in [7, 11) is -3.73. The van der Waals surface area contributed by atoms with Crippen molar-refractivity contribution < 1.29 is 37.3 Å². The Morgan fingerprint density at radius 1 is 1.44 bits per heavy atom. The molecule has 13 heteroatoms. The molecule has 1 amide bonds. The number of ether oxygens (including phenoxy) is 1. The van der Waals surface area contributed by atoms with Gasteiger partial charge in [-0.25, -0.2) is 4.79 Å². The van der Waals surface area contributed by atoms with E-state index in [1.807, 2.05) is 0 Å². The van der Waals surface area contributed by atoms with E-state index >= 15 is 0 Å². The second kappa shape index (κ2) is 7.69. The molecule has 0 unspecified atom stereocenters. The van der Waals surface area contributed by atoms with Gasteiger partial charge in [0.05, 0.1) is 30.8 Å². The van der Waals surface area contributed by atoms with Gasteiger partial charge in [0.2, 0.25) is 0 Å². The van der Waals surface area contributed by atoms with Gasteiger partial charge >= 0.3 is 16.1 Å². The highest BCUT2D eigenvalue weighted by atomic mass is 32.2. The fraction of sp³-hybridized carbons (Fsp3) is 0.286. The van der Waals surface area contributed by atoms with E-state index in [0.717, 1.165) is 30.2 Å². The predicted molar refractivity (Wildman–Crippen MR) is 89.2 cm³/mol. The van der Waals surface area contributed by atoms with E-state index in [9.17, 15) is 28.1 Å². The number of nitro benzene ring substituents is 1. The van der Waals surface area contributed by atoms with Gasteiger partial charge in [-0.15, -0.1) is 0 Å². The summed E-state index contributed by atoms with van der Waals surface area (Å²) in [5, 5.41) is 22.6. The highest BCUT2D eigenvalue weighted by Crippen LogP contribution is 2.29. The molecule has 0 aliphatic carbocycles. The van der Waals surface area contributed by atoms with Crippen LogP contribution in [0, 0.1) is 10.1 Å². The summed E-state index contributed by atoms with van der Waals surface area (Å²) in [6, 6.07) is 2.67. The molecule has 0 saturated heterocycles. The molecule has 0 saturated carbocycles. The number of aliphatic hydroxyl groups is 1. The Labute approximate surface area is 152 Å². The molecular weight excluding hydrogens is 386 g/mol. The van der Waals surface area contributed by atoms with Crippen LogP contribution < -0.4 is 5.32 Å². The number of benzene rings is 1. The maximum atomic E-state index is 12.4. The van der Waals surface area contributed by atoms with E-state index in [-0.39, 0.29) is 36.7 Å². The number of amides is 1. The van der Waals surface area contributed by atoms with E-state index in [2.05, 4.69) is 10.1 Å². The van der Waals surface area contributed by atoms with Crippen LogP contribution >= 0.6 is 0 Å². The minimum Gasteiger partial charge on any atom is -0.466 e. The second-order valence-corrected chi connectivity index (χ2v) is 6.73. The van der Waals surface area contributed by atoms with Crippen molar-refractivity contribution in [2.45, 2.75) is 4.90 Å². The third kappa shape index (κ3) is 4.21. The van der Waals surface area contributed by atoms with Crippen molar-refractivity contribution in [1.82, 2.24) is 4.90 Å². The normalized spacial score (nSPS) is 14.5. The van der Waals surface area contributed by atoms with Crippen molar-refractivity contribution in [1.29, 1.82) is 0 Å². The molecule has 0 aromatic heterocycles. The maximum Gasteiger partial charge on any atom is 0.337 e. The molecule has 12 nitrogen and oxygen atoms in total. The maximum absolute atomic E-state index is 12.4. The molecule has 1 heterocycles. The summed E-state index contributed by atoms with van der Waals surface area (Å²) in [6.07, 6.45) is 0. The first-order valence-electron chi connectivity index (χ1n) is 7.34. The lowest BCUT2D eigenvalue weighted by Gasteiger charge is -2.15. The quantitative estimate of drug-likeness (QED) is 0.234. The molecule has 27 heavy (non-hydrogen) atoms. The number of hydrogen-bond acceptors (Lipinski definition) is 9. The lowest BCUT2D eigenvalue weighted by molar-refractivity contribution is -0.387. The molecule has 1 aromatic rings. The fourth-order valence-electron chi connectivity index (χ4n) is 2.45. The molecule has 146 valence electrons. The number of nitrogens with one attached hydrogen (secondary N) is 1. The summed E-state index contributed by atoms with van der Waals surface area (Å²) in [5.74, 6) is -1.46. The highest BCUT2D eigenvalue weighted by Gasteiger charge is 2.35. The topological polar surface area (TPSA) is 176 Å². The Bertz CT molecular complexity index is 939. The van der Waals surface area contributed by atoms with Gasteiger partial charge in [-0.05, 0) is 12.1 Å². The lowest BCUT2D eigenvalue weighted by atomic mass is 10.2. The average Bonchev–Trinajstić information content (AvgIpc) is 2.90. The number of aliphatic hydroxyl groups excluding tert-OH is 1. The number of β-amino-alcohol motifs (C(OH)–C–C–N with tert-alkyl or cyclic N) is 1. The molecule has 0 radical (unpaired) electrons. The second-order valence-electron chi connectivity index (χ2n) is 5.34. The van der Waals surface area contributed by atoms with E-state index < -0.39 is 37.5 Å². The first-order valence-corrected chi connectivity index (χ1v) is 8.78. The number of hydrogen-bond donors (Lipinski definition) is 3. The smallest absolute Gasteiger partial charge is 0.337 e. The lowest BCUT2D eigenvalue weighted by Crippen LogP contribution is -2.31. The summed E-state index contributed by atoms with van der Waals surface area (Å²) >= 11 is 0. The molecule has 2 rings (SSSR count). The molecule has 0 atom stereocenters. The van der Waals surface area contributed by atoms with Crippen molar-refractivity contribution >= 4 is 33.4 Å². The number of carbonyl (C=O) groups is 2. The molecule has 0 spiro atoms. The van der Waals surface area contributed by atoms with Gasteiger partial charge in [-0.3, -0.25) is 19.5 Å². The summed E-state index contributed by atoms with van der Waals surface area (Å²) < 4.78 is 36.1. The first-order chi connectivity index (χ1) is 12.6. The zero-order chi connectivity index (χ0) is 20.4. The van der Waals surface area contributed by atoms with Crippen LogP contribution in [0.2, 0.25) is 0 Å². The molecule has 0 bridgehead atoms. The van der Waals surface area contributed by atoms with Gasteiger partial charge in [-0.1, -0.05) is 0 Å². The van der Waals surface area contributed by atoms with Crippen molar-refractivity contribution in [3.8, 4) is 0 Å². The summed E-state index contributed by atoms with van der Waals surface area (Å²) in [4.78, 5) is 34.6. The minimum atomic E-state index is -4.84. The average molecular weight is 401 g/mol. The van der Waals surface area contributed by atoms with Gasteiger partial charge in [0.15, 0.2) is 4.90 Å². The van der Waals surface area contributed by atoms with Crippen LogP contribution in [0.4, 0.5) is 11.4 Å². The molecule has 1 aliphatic rings. The molecule has 1 aliphatic heterocycles. The van der Waals surface area contributed by atoms with E-state index in [0.29, 0.717) is 0 Å². The third-order valence-electron chi connectivity index (χ3n) is 3.66. The SMILES string of the molecule is COC(=O)C1=C(Nc2ccc(S(=O)(=O)O)c([N+](=O)[O-])c2)C(=O)N(CCO)C1. The number of nitrogens with zero attached hydrogens (tertiary/aromatic N) is 2. The number of methoxy groups -OCH3 is 1. The monoisotopic (exact) mass is 401 g/mol. The van der Waals surface area contributed by atoms with Crippen LogP contribution in [-0.4, -0.2) is 66.6 Å². The Balaban J connectivity index is 2.47. The predicted octanol–water partition coefficient (Wildman–Crippen LogP) is -0.485. The zero-order valence-corrected chi connectivity index (χ0v) is 14.7. The summed E-state index contributed by atoms with van der Waals surface area (Å²) in [6.45, 7) is -0.534. The minimum absolute atomic E-state index is 0.0493. The Morgan fingerprint density at radius 3 is 2.63 bits per heavy atom. The van der Waals surface area contributed by atoms with Crippen molar-refractivity contribution in [3.05, 3.63) is 39.6 Å². The fourth-order valence-corrected chi connectivity index (χ4v) is 3.09. The van der Waals surface area contributed by atoms with Gasteiger partial charge in [0.1, 0.15) is 5.70 Å². The van der Waals surface area contributed by atoms with Crippen LogP contribution in [-0.2, 0) is 24.4 Å². The van der Waals surface area contributed by atoms with Crippen molar-refractivity contribution in [2.75, 3.05) is 32.1 Å². The van der Waals surface area contributed by atoms with Crippen LogP contribution in [0.5, 0.6) is 0 Å². The van der Waals surface area contributed by atoms with Crippen molar-refractivity contribution in [2.24, 2.45) is 0 Å². The molecular formula is C14H15N3O9S. The molecule has 1 aromatic carbocycles. The van der Waals surface area contributed by atoms with Gasteiger partial charge < -0.3 is 20.1 Å². The zero-order valence-electron chi connectivity index (χ0n) is 13.9. The van der Waals surface area contributed by atoms with Crippen LogP contribution in [0.3, 0.4) is 0 Å². The Hall–Kier alpha value is -3.03. The number of anilines is 1. The summed E-state index contributed by atoms with van der Waals surface area (Å²) in [5.41, 5.74) is -1.26. The highest BCUT2D eigenvalue weighted by molar-refractivity contribution is 7.86. The van der Waals surface area contributed by atoms with Crippen LogP contribution in [0.15, 0.2) is 34.4 Å². The van der Waals surface area contributed by atoms with Crippen LogP contribution in [0.1, 0.15) is 0 Å². The number of carbonyl (C=O) groups excluding carboxylic acids is 2. The molecule has 0 fully saturated rings. The standard InChI is InChI=1S/C14H15N3O9S/c1-26-14(20)9-7-16(4-5-18)13(19)12(9)15-8-2-3-11(27(23,24)25)10(6-8)17(21)22/h2-3,6,15,18H,4-5,7H2,1H3,(H,23,24,25). The van der Waals surface area contributed by atoms with Gasteiger partial charge in [0, 0.05) is 18.3 Å². The number of nitro groups is 1. The van der Waals surface area contributed by atoms with Crippen LogP contribution in [0.25, 0.3) is 0 Å². The van der Waals surface area contributed by atoms with E-state index in [1.54, 1.807) is 0 Å². The van der Waals surface area contributed by atoms with Crippen molar-refractivity contribution in [3.63, 3.8) is 0 Å². The molecule has 3 N–H and O–H groups in total. The van der Waals surface area contributed by atoms with E-state index in [4.69, 9.17) is 9.66 Å². The number of esters is 1. The first kappa shape index (κ1) is 20.3. The largest absolute Gasteiger partial charge is 0.466 e. The Morgan fingerprint density at radius 2 is 2.11 bits per heavy atom.